The Morgan fingerprint density at radius 2 is 1.78 bits per heavy atom. The van der Waals surface area contributed by atoms with Crippen molar-refractivity contribution in [2.24, 2.45) is 11.8 Å². The Kier molecular flexibility index (Phi) is 7.35. The molecule has 1 aliphatic heterocycles. The van der Waals surface area contributed by atoms with Gasteiger partial charge in [-0.25, -0.2) is 0 Å². The number of benzene rings is 2. The molecule has 0 aliphatic carbocycles. The van der Waals surface area contributed by atoms with Crippen LogP contribution in [0.15, 0.2) is 48.5 Å². The van der Waals surface area contributed by atoms with Crippen molar-refractivity contribution in [1.82, 2.24) is 5.32 Å². The van der Waals surface area contributed by atoms with Crippen molar-refractivity contribution < 1.29 is 23.9 Å². The summed E-state index contributed by atoms with van der Waals surface area (Å²) in [5.41, 5.74) is 1.24. The van der Waals surface area contributed by atoms with Crippen LogP contribution in [-0.2, 0) is 14.4 Å². The highest BCUT2D eigenvalue weighted by molar-refractivity contribution is 6.02. The molecule has 1 fully saturated rings. The lowest BCUT2D eigenvalue weighted by Crippen LogP contribution is -2.49. The van der Waals surface area contributed by atoms with Gasteiger partial charge in [-0.1, -0.05) is 32.0 Å². The number of hydrogen-bond donors (Lipinski definition) is 2. The first-order chi connectivity index (χ1) is 15.3. The largest absolute Gasteiger partial charge is 0.497 e. The van der Waals surface area contributed by atoms with E-state index in [1.54, 1.807) is 30.2 Å². The molecule has 0 saturated carbocycles. The summed E-state index contributed by atoms with van der Waals surface area (Å²) < 4.78 is 10.5. The maximum Gasteiger partial charge on any atom is 0.247 e. The Morgan fingerprint density at radius 1 is 1.06 bits per heavy atom. The van der Waals surface area contributed by atoms with Crippen LogP contribution in [0.4, 0.5) is 11.4 Å². The van der Waals surface area contributed by atoms with E-state index in [1.165, 1.54) is 7.11 Å². The summed E-state index contributed by atoms with van der Waals surface area (Å²) in [7, 11) is 3.05. The van der Waals surface area contributed by atoms with Crippen LogP contribution in [0, 0.1) is 11.8 Å². The molecule has 32 heavy (non-hydrogen) atoms. The fourth-order valence-electron chi connectivity index (χ4n) is 3.66. The first-order valence-corrected chi connectivity index (χ1v) is 10.5. The zero-order valence-corrected chi connectivity index (χ0v) is 18.8. The van der Waals surface area contributed by atoms with E-state index in [2.05, 4.69) is 10.6 Å². The Balaban J connectivity index is 1.68. The lowest BCUT2D eigenvalue weighted by atomic mass is 10.0. The second-order valence-corrected chi connectivity index (χ2v) is 8.03. The highest BCUT2D eigenvalue weighted by atomic mass is 16.5. The van der Waals surface area contributed by atoms with Crippen molar-refractivity contribution in [2.75, 3.05) is 31.0 Å². The van der Waals surface area contributed by atoms with Gasteiger partial charge in [-0.3, -0.25) is 14.4 Å². The summed E-state index contributed by atoms with van der Waals surface area (Å²) in [4.78, 5) is 40.0. The quantitative estimate of drug-likeness (QED) is 0.659. The molecule has 2 atom stereocenters. The predicted octanol–water partition coefficient (Wildman–Crippen LogP) is 2.84. The minimum atomic E-state index is -0.768. The number of nitrogens with one attached hydrogen (secondary N) is 2. The van der Waals surface area contributed by atoms with Crippen molar-refractivity contribution in [1.29, 1.82) is 0 Å². The van der Waals surface area contributed by atoms with Gasteiger partial charge in [0.15, 0.2) is 0 Å². The number of ether oxygens (including phenoxy) is 2. The van der Waals surface area contributed by atoms with Crippen LogP contribution in [0.1, 0.15) is 20.3 Å². The second-order valence-electron chi connectivity index (χ2n) is 8.03. The lowest BCUT2D eigenvalue weighted by Gasteiger charge is -2.24. The normalized spacial score (nSPS) is 16.6. The van der Waals surface area contributed by atoms with Crippen molar-refractivity contribution in [3.8, 4) is 11.5 Å². The SMILES string of the molecule is COc1ccc(NC(=O)[C@H](NC(=O)[C@@H]2CC(=O)N(c3ccccc3)C2)C(C)C)c(OC)c1. The highest BCUT2D eigenvalue weighted by Gasteiger charge is 2.37. The summed E-state index contributed by atoms with van der Waals surface area (Å²) in [6.07, 6.45) is 0.111. The Bertz CT molecular complexity index is 977. The molecular weight excluding hydrogens is 410 g/mol. The molecule has 0 unspecified atom stereocenters. The molecule has 3 amide bonds. The first kappa shape index (κ1) is 23.1. The minimum absolute atomic E-state index is 0.107. The number of carbonyl (C=O) groups excluding carboxylic acids is 3. The van der Waals surface area contributed by atoms with Gasteiger partial charge in [0.05, 0.1) is 25.8 Å². The second kappa shape index (κ2) is 10.2. The van der Waals surface area contributed by atoms with Crippen molar-refractivity contribution in [3.63, 3.8) is 0 Å². The predicted molar refractivity (Wildman–Crippen MR) is 122 cm³/mol. The zero-order valence-electron chi connectivity index (χ0n) is 18.8. The monoisotopic (exact) mass is 439 g/mol. The summed E-state index contributed by atoms with van der Waals surface area (Å²) in [5.74, 6) is -0.412. The van der Waals surface area contributed by atoms with Crippen molar-refractivity contribution >= 4 is 29.1 Å². The molecule has 1 heterocycles. The van der Waals surface area contributed by atoms with E-state index in [0.717, 1.165) is 5.69 Å². The molecule has 2 aromatic carbocycles. The Hall–Kier alpha value is -3.55. The highest BCUT2D eigenvalue weighted by Crippen LogP contribution is 2.29. The third-order valence-electron chi connectivity index (χ3n) is 5.48. The number of hydrogen-bond acceptors (Lipinski definition) is 5. The van der Waals surface area contributed by atoms with Crippen LogP contribution in [0.25, 0.3) is 0 Å². The van der Waals surface area contributed by atoms with Crippen LogP contribution < -0.4 is 25.0 Å². The summed E-state index contributed by atoms with van der Waals surface area (Å²) >= 11 is 0. The van der Waals surface area contributed by atoms with Crippen LogP contribution in [0.5, 0.6) is 11.5 Å². The lowest BCUT2D eigenvalue weighted by molar-refractivity contribution is -0.130. The molecular formula is C24H29N3O5. The summed E-state index contributed by atoms with van der Waals surface area (Å²) in [5, 5.41) is 5.66. The first-order valence-electron chi connectivity index (χ1n) is 10.5. The third kappa shape index (κ3) is 5.19. The van der Waals surface area contributed by atoms with Gasteiger partial charge < -0.3 is 25.0 Å². The van der Waals surface area contributed by atoms with Crippen LogP contribution in [-0.4, -0.2) is 44.5 Å². The van der Waals surface area contributed by atoms with Crippen LogP contribution >= 0.6 is 0 Å². The molecule has 2 N–H and O–H groups in total. The number of rotatable bonds is 8. The van der Waals surface area contributed by atoms with Gasteiger partial charge in [-0.05, 0) is 30.2 Å². The number of anilines is 2. The summed E-state index contributed by atoms with van der Waals surface area (Å²) in [6, 6.07) is 13.5. The average Bonchev–Trinajstić information content (AvgIpc) is 3.19. The molecule has 8 nitrogen and oxygen atoms in total. The van der Waals surface area contributed by atoms with Crippen LogP contribution in [0.3, 0.4) is 0 Å². The van der Waals surface area contributed by atoms with E-state index in [1.807, 2.05) is 44.2 Å². The van der Waals surface area contributed by atoms with Gasteiger partial charge in [0, 0.05) is 24.7 Å². The molecule has 170 valence electrons. The van der Waals surface area contributed by atoms with Crippen LogP contribution in [0.2, 0.25) is 0 Å². The van der Waals surface area contributed by atoms with Crippen molar-refractivity contribution in [2.45, 2.75) is 26.3 Å². The van der Waals surface area contributed by atoms with Gasteiger partial charge in [0.1, 0.15) is 17.5 Å². The number of methoxy groups -OCH3 is 2. The minimum Gasteiger partial charge on any atom is -0.497 e. The number of nitrogens with zero attached hydrogens (tertiary/aromatic N) is 1. The smallest absolute Gasteiger partial charge is 0.247 e. The van der Waals surface area contributed by atoms with E-state index >= 15 is 0 Å². The van der Waals surface area contributed by atoms with Gasteiger partial charge in [-0.15, -0.1) is 0 Å². The van der Waals surface area contributed by atoms with E-state index < -0.39 is 12.0 Å². The van der Waals surface area contributed by atoms with E-state index in [9.17, 15) is 14.4 Å². The molecule has 2 aromatic rings. The fraction of sp³-hybridized carbons (Fsp3) is 0.375. The number of para-hydroxylation sites is 1. The Labute approximate surface area is 187 Å². The molecule has 0 radical (unpaired) electrons. The maximum atomic E-state index is 13.0. The third-order valence-corrected chi connectivity index (χ3v) is 5.48. The molecule has 1 saturated heterocycles. The molecule has 8 heteroatoms. The Morgan fingerprint density at radius 3 is 2.41 bits per heavy atom. The van der Waals surface area contributed by atoms with Gasteiger partial charge in [-0.2, -0.15) is 0 Å². The molecule has 0 spiro atoms. The molecule has 0 bridgehead atoms. The van der Waals surface area contributed by atoms with Gasteiger partial charge in [0.2, 0.25) is 17.7 Å². The van der Waals surface area contributed by atoms with E-state index in [4.69, 9.17) is 9.47 Å². The molecule has 0 aromatic heterocycles. The van der Waals surface area contributed by atoms with E-state index in [0.29, 0.717) is 17.2 Å². The summed E-state index contributed by atoms with van der Waals surface area (Å²) in [6.45, 7) is 3.99. The fourth-order valence-corrected chi connectivity index (χ4v) is 3.66. The van der Waals surface area contributed by atoms with Gasteiger partial charge >= 0.3 is 0 Å². The van der Waals surface area contributed by atoms with Crippen molar-refractivity contribution in [3.05, 3.63) is 48.5 Å². The standard InChI is InChI=1S/C24H29N3O5/c1-15(2)22(24(30)25-19-11-10-18(31-3)13-20(19)32-4)26-23(29)16-12-21(28)27(14-16)17-8-6-5-7-9-17/h5-11,13,15-16,22H,12,14H2,1-4H3,(H,25,30)(H,26,29)/t16-,22-/m1/s1. The maximum absolute atomic E-state index is 13.0. The van der Waals surface area contributed by atoms with E-state index in [-0.39, 0.29) is 36.6 Å². The molecule has 1 aliphatic rings. The zero-order chi connectivity index (χ0) is 23.3. The molecule has 3 rings (SSSR count). The van der Waals surface area contributed by atoms with Gasteiger partial charge in [0.25, 0.3) is 0 Å². The topological polar surface area (TPSA) is 97.0 Å². The number of carbonyl (C=O) groups is 3. The average molecular weight is 440 g/mol. The number of amides is 3.